The zero-order valence-electron chi connectivity index (χ0n) is 11.4. The van der Waals surface area contributed by atoms with Gasteiger partial charge in [-0.25, -0.2) is 0 Å². The van der Waals surface area contributed by atoms with Gasteiger partial charge in [0.15, 0.2) is 0 Å². The number of methoxy groups -OCH3 is 2. The first-order valence-corrected chi connectivity index (χ1v) is 6.40. The normalized spacial score (nSPS) is 19.8. The van der Waals surface area contributed by atoms with E-state index in [0.29, 0.717) is 6.04 Å². The van der Waals surface area contributed by atoms with Crippen LogP contribution in [0.15, 0.2) is 18.2 Å². The van der Waals surface area contributed by atoms with Crippen LogP contribution in [0.1, 0.15) is 12.8 Å². The van der Waals surface area contributed by atoms with E-state index in [1.807, 2.05) is 18.2 Å². The van der Waals surface area contributed by atoms with Crippen molar-refractivity contribution in [1.82, 2.24) is 4.90 Å². The van der Waals surface area contributed by atoms with E-state index in [1.165, 1.54) is 19.4 Å². The minimum absolute atomic E-state index is 0.622. The Morgan fingerprint density at radius 1 is 1.33 bits per heavy atom. The number of rotatable bonds is 5. The molecule has 0 spiro atoms. The van der Waals surface area contributed by atoms with Crippen molar-refractivity contribution in [2.75, 3.05) is 39.7 Å². The van der Waals surface area contributed by atoms with E-state index in [9.17, 15) is 0 Å². The van der Waals surface area contributed by atoms with E-state index >= 15 is 0 Å². The van der Waals surface area contributed by atoms with Gasteiger partial charge >= 0.3 is 0 Å². The zero-order valence-corrected chi connectivity index (χ0v) is 11.4. The summed E-state index contributed by atoms with van der Waals surface area (Å²) in [5.41, 5.74) is 1.03. The Labute approximate surface area is 109 Å². The molecule has 0 amide bonds. The predicted molar refractivity (Wildman–Crippen MR) is 73.7 cm³/mol. The summed E-state index contributed by atoms with van der Waals surface area (Å²) in [5.74, 6) is 1.64. The summed E-state index contributed by atoms with van der Waals surface area (Å²) in [5, 5.41) is 3.47. The molecule has 1 fully saturated rings. The highest BCUT2D eigenvalue weighted by Gasteiger charge is 2.20. The van der Waals surface area contributed by atoms with Gasteiger partial charge in [0.05, 0.1) is 19.9 Å². The highest BCUT2D eigenvalue weighted by atomic mass is 16.5. The van der Waals surface area contributed by atoms with Crippen LogP contribution in [0, 0.1) is 0 Å². The molecule has 2 rings (SSSR count). The van der Waals surface area contributed by atoms with Gasteiger partial charge in [-0.1, -0.05) is 0 Å². The molecule has 0 saturated carbocycles. The summed E-state index contributed by atoms with van der Waals surface area (Å²) < 4.78 is 10.6. The van der Waals surface area contributed by atoms with E-state index < -0.39 is 0 Å². The average Bonchev–Trinajstić information content (AvgIpc) is 2.81. The summed E-state index contributed by atoms with van der Waals surface area (Å²) in [7, 11) is 5.53. The Balaban J connectivity index is 2.00. The minimum atomic E-state index is 0.622. The van der Waals surface area contributed by atoms with Gasteiger partial charge in [0.1, 0.15) is 11.5 Å². The second-order valence-corrected chi connectivity index (χ2v) is 4.72. The number of benzene rings is 1. The molecule has 0 aliphatic carbocycles. The van der Waals surface area contributed by atoms with Gasteiger partial charge in [0, 0.05) is 18.7 Å². The molecule has 4 nitrogen and oxygen atoms in total. The molecule has 1 atom stereocenters. The van der Waals surface area contributed by atoms with Crippen LogP contribution in [0.5, 0.6) is 11.5 Å². The first-order chi connectivity index (χ1) is 8.74. The number of anilines is 1. The lowest BCUT2D eigenvalue weighted by atomic mass is 10.2. The predicted octanol–water partition coefficient (Wildman–Crippen LogP) is 2.21. The molecule has 1 aliphatic rings. The Bertz CT molecular complexity index is 395. The molecule has 1 heterocycles. The van der Waals surface area contributed by atoms with Crippen molar-refractivity contribution in [1.29, 1.82) is 0 Å². The van der Waals surface area contributed by atoms with Crippen molar-refractivity contribution in [2.24, 2.45) is 0 Å². The van der Waals surface area contributed by atoms with Crippen molar-refractivity contribution in [3.05, 3.63) is 18.2 Å². The number of likely N-dealkylation sites (N-methyl/N-ethyl adjacent to an activating group) is 1. The first kappa shape index (κ1) is 13.0. The van der Waals surface area contributed by atoms with Crippen LogP contribution in [-0.2, 0) is 0 Å². The summed E-state index contributed by atoms with van der Waals surface area (Å²) in [4.78, 5) is 2.41. The van der Waals surface area contributed by atoms with E-state index in [0.717, 1.165) is 23.7 Å². The van der Waals surface area contributed by atoms with Crippen LogP contribution in [0.25, 0.3) is 0 Å². The van der Waals surface area contributed by atoms with Gasteiger partial charge < -0.3 is 19.7 Å². The number of likely N-dealkylation sites (tertiary alicyclic amines) is 1. The molecule has 0 bridgehead atoms. The maximum Gasteiger partial charge on any atom is 0.145 e. The smallest absolute Gasteiger partial charge is 0.145 e. The van der Waals surface area contributed by atoms with Gasteiger partial charge in [-0.3, -0.25) is 0 Å². The maximum atomic E-state index is 5.37. The molecular weight excluding hydrogens is 228 g/mol. The molecule has 4 heteroatoms. The minimum Gasteiger partial charge on any atom is -0.497 e. The topological polar surface area (TPSA) is 33.7 Å². The van der Waals surface area contributed by atoms with Gasteiger partial charge in [-0.2, -0.15) is 0 Å². The monoisotopic (exact) mass is 250 g/mol. The fourth-order valence-corrected chi connectivity index (χ4v) is 2.41. The SMILES string of the molecule is COc1ccc(NCC2CCCN2C)c(OC)c1. The molecule has 100 valence electrons. The second-order valence-electron chi connectivity index (χ2n) is 4.72. The van der Waals surface area contributed by atoms with Crippen molar-refractivity contribution >= 4 is 5.69 Å². The van der Waals surface area contributed by atoms with Gasteiger partial charge in [0.25, 0.3) is 0 Å². The standard InChI is InChI=1S/C14H22N2O2/c1-16-8-4-5-11(16)10-15-13-7-6-12(17-2)9-14(13)18-3/h6-7,9,11,15H,4-5,8,10H2,1-3H3. The second kappa shape index (κ2) is 5.96. The van der Waals surface area contributed by atoms with E-state index in [2.05, 4.69) is 17.3 Å². The molecule has 1 unspecified atom stereocenters. The van der Waals surface area contributed by atoms with E-state index in [1.54, 1.807) is 14.2 Å². The van der Waals surface area contributed by atoms with Crippen LogP contribution in [0.3, 0.4) is 0 Å². The van der Waals surface area contributed by atoms with Gasteiger partial charge in [-0.15, -0.1) is 0 Å². The number of nitrogens with one attached hydrogen (secondary N) is 1. The van der Waals surface area contributed by atoms with Crippen LogP contribution >= 0.6 is 0 Å². The Morgan fingerprint density at radius 3 is 2.78 bits per heavy atom. The van der Waals surface area contributed by atoms with Crippen LogP contribution < -0.4 is 14.8 Å². The highest BCUT2D eigenvalue weighted by Crippen LogP contribution is 2.29. The maximum absolute atomic E-state index is 5.37. The lowest BCUT2D eigenvalue weighted by molar-refractivity contribution is 0.322. The van der Waals surface area contributed by atoms with Crippen molar-refractivity contribution in [3.63, 3.8) is 0 Å². The average molecular weight is 250 g/mol. The number of ether oxygens (including phenoxy) is 2. The molecular formula is C14H22N2O2. The Morgan fingerprint density at radius 2 is 2.17 bits per heavy atom. The number of hydrogen-bond acceptors (Lipinski definition) is 4. The molecule has 1 N–H and O–H groups in total. The molecule has 1 aromatic carbocycles. The van der Waals surface area contributed by atoms with E-state index in [4.69, 9.17) is 9.47 Å². The van der Waals surface area contributed by atoms with Gasteiger partial charge in [-0.05, 0) is 38.6 Å². The molecule has 1 saturated heterocycles. The lowest BCUT2D eigenvalue weighted by Gasteiger charge is -2.21. The third-order valence-electron chi connectivity index (χ3n) is 3.61. The summed E-state index contributed by atoms with van der Waals surface area (Å²) >= 11 is 0. The quantitative estimate of drug-likeness (QED) is 0.868. The van der Waals surface area contributed by atoms with Crippen molar-refractivity contribution < 1.29 is 9.47 Å². The molecule has 0 radical (unpaired) electrons. The number of nitrogens with zero attached hydrogens (tertiary/aromatic N) is 1. The van der Waals surface area contributed by atoms with Crippen LogP contribution in [-0.4, -0.2) is 45.3 Å². The highest BCUT2D eigenvalue weighted by molar-refractivity contribution is 5.59. The molecule has 1 aliphatic heterocycles. The third-order valence-corrected chi connectivity index (χ3v) is 3.61. The van der Waals surface area contributed by atoms with Gasteiger partial charge in [0.2, 0.25) is 0 Å². The Kier molecular flexibility index (Phi) is 4.31. The zero-order chi connectivity index (χ0) is 13.0. The fourth-order valence-electron chi connectivity index (χ4n) is 2.41. The van der Waals surface area contributed by atoms with E-state index in [-0.39, 0.29) is 0 Å². The molecule has 0 aromatic heterocycles. The molecule has 18 heavy (non-hydrogen) atoms. The van der Waals surface area contributed by atoms with Crippen LogP contribution in [0.4, 0.5) is 5.69 Å². The number of hydrogen-bond donors (Lipinski definition) is 1. The third kappa shape index (κ3) is 2.88. The fraction of sp³-hybridized carbons (Fsp3) is 0.571. The molecule has 1 aromatic rings. The van der Waals surface area contributed by atoms with Crippen LogP contribution in [0.2, 0.25) is 0 Å². The Hall–Kier alpha value is -1.42. The lowest BCUT2D eigenvalue weighted by Crippen LogP contribution is -2.31. The largest absolute Gasteiger partial charge is 0.497 e. The first-order valence-electron chi connectivity index (χ1n) is 6.40. The summed E-state index contributed by atoms with van der Waals surface area (Å²) in [6, 6.07) is 6.48. The summed E-state index contributed by atoms with van der Waals surface area (Å²) in [6.07, 6.45) is 2.56. The van der Waals surface area contributed by atoms with Crippen molar-refractivity contribution in [3.8, 4) is 11.5 Å². The summed E-state index contributed by atoms with van der Waals surface area (Å²) in [6.45, 7) is 2.16. The van der Waals surface area contributed by atoms with Crippen molar-refractivity contribution in [2.45, 2.75) is 18.9 Å².